The van der Waals surface area contributed by atoms with Gasteiger partial charge in [0, 0.05) is 17.0 Å². The molecule has 0 spiro atoms. The van der Waals surface area contributed by atoms with E-state index in [9.17, 15) is 13.6 Å². The number of aromatic nitrogens is 2. The number of hydrogen-bond acceptors (Lipinski definition) is 3. The van der Waals surface area contributed by atoms with Gasteiger partial charge in [0.25, 0.3) is 6.43 Å². The number of hydrogen-bond donors (Lipinski definition) is 1. The predicted octanol–water partition coefficient (Wildman–Crippen LogP) is 3.29. The molecule has 0 fully saturated rings. The van der Waals surface area contributed by atoms with Gasteiger partial charge in [-0.2, -0.15) is 0 Å². The van der Waals surface area contributed by atoms with Gasteiger partial charge < -0.3 is 9.72 Å². The highest BCUT2D eigenvalue weighted by molar-refractivity contribution is 5.79. The van der Waals surface area contributed by atoms with Crippen molar-refractivity contribution in [3.63, 3.8) is 0 Å². The maximum Gasteiger partial charge on any atom is 0.264 e. The Kier molecular flexibility index (Phi) is 4.32. The molecule has 0 atom stereocenters. The molecular formula is C14H16F2N2O2. The molecule has 0 aromatic carbocycles. The van der Waals surface area contributed by atoms with E-state index in [0.29, 0.717) is 18.3 Å². The number of fused-ring (bicyclic) bond motifs is 1. The lowest BCUT2D eigenvalue weighted by Gasteiger charge is -2.10. The normalized spacial score (nSPS) is 11.5. The Morgan fingerprint density at radius 3 is 2.75 bits per heavy atom. The summed E-state index contributed by atoms with van der Waals surface area (Å²) in [6, 6.07) is 2.38. The van der Waals surface area contributed by atoms with Crippen molar-refractivity contribution in [3.8, 4) is 5.75 Å². The third-order valence-corrected chi connectivity index (χ3v) is 2.90. The molecule has 0 saturated carbocycles. The molecule has 108 valence electrons. The summed E-state index contributed by atoms with van der Waals surface area (Å²) < 4.78 is 31.4. The van der Waals surface area contributed by atoms with Crippen LogP contribution in [0.4, 0.5) is 8.78 Å². The number of ether oxygens (including phenoxy) is 1. The molecular weight excluding hydrogens is 266 g/mol. The molecule has 0 unspecified atom stereocenters. The molecule has 6 heteroatoms. The minimum atomic E-state index is -2.73. The molecule has 1 N–H and O–H groups in total. The molecule has 2 aromatic heterocycles. The molecule has 0 bridgehead atoms. The first-order valence-corrected chi connectivity index (χ1v) is 6.41. The molecule has 0 radical (unpaired) electrons. The standard InChI is InChI=1S/C14H16F2N2O2/c1-8(2)3-4-20-9-5-11-10(13(15)16)6-12(19)18-14(11)17-7-9/h5-8,13H,3-4H2,1-2H3,(H,17,18,19). The molecule has 0 saturated heterocycles. The number of pyridine rings is 2. The highest BCUT2D eigenvalue weighted by Crippen LogP contribution is 2.27. The molecule has 0 amide bonds. The summed E-state index contributed by atoms with van der Waals surface area (Å²) in [5.41, 5.74) is -0.775. The van der Waals surface area contributed by atoms with E-state index < -0.39 is 12.0 Å². The van der Waals surface area contributed by atoms with Crippen LogP contribution in [0.3, 0.4) is 0 Å². The smallest absolute Gasteiger partial charge is 0.264 e. The fourth-order valence-electron chi connectivity index (χ4n) is 1.81. The zero-order valence-corrected chi connectivity index (χ0v) is 11.3. The lowest BCUT2D eigenvalue weighted by molar-refractivity contribution is 0.153. The minimum absolute atomic E-state index is 0.143. The van der Waals surface area contributed by atoms with Gasteiger partial charge in [0.15, 0.2) is 0 Å². The molecule has 2 rings (SSSR count). The summed E-state index contributed by atoms with van der Waals surface area (Å²) in [5.74, 6) is 0.920. The summed E-state index contributed by atoms with van der Waals surface area (Å²) in [6.45, 7) is 4.64. The SMILES string of the molecule is CC(C)CCOc1cnc2[nH]c(=O)cc(C(F)F)c2c1. The van der Waals surface area contributed by atoms with Crippen LogP contribution in [0, 0.1) is 5.92 Å². The Hall–Kier alpha value is -1.98. The van der Waals surface area contributed by atoms with Crippen molar-refractivity contribution < 1.29 is 13.5 Å². The van der Waals surface area contributed by atoms with Gasteiger partial charge in [-0.1, -0.05) is 13.8 Å². The zero-order chi connectivity index (χ0) is 14.7. The Morgan fingerprint density at radius 2 is 2.10 bits per heavy atom. The van der Waals surface area contributed by atoms with E-state index in [1.165, 1.54) is 12.3 Å². The molecule has 0 aliphatic carbocycles. The van der Waals surface area contributed by atoms with E-state index in [2.05, 4.69) is 23.8 Å². The van der Waals surface area contributed by atoms with Gasteiger partial charge in [0.1, 0.15) is 11.4 Å². The van der Waals surface area contributed by atoms with Crippen LogP contribution in [-0.4, -0.2) is 16.6 Å². The number of H-pyrrole nitrogens is 1. The highest BCUT2D eigenvalue weighted by atomic mass is 19.3. The van der Waals surface area contributed by atoms with Crippen molar-refractivity contribution in [2.75, 3.05) is 6.61 Å². The third-order valence-electron chi connectivity index (χ3n) is 2.90. The number of aromatic amines is 1. The molecule has 0 aliphatic heterocycles. The van der Waals surface area contributed by atoms with Crippen molar-refractivity contribution in [1.82, 2.24) is 9.97 Å². The van der Waals surface area contributed by atoms with E-state index in [1.54, 1.807) is 0 Å². The van der Waals surface area contributed by atoms with Crippen LogP contribution in [0.1, 0.15) is 32.3 Å². The number of halogens is 2. The second-order valence-electron chi connectivity index (χ2n) is 4.99. The minimum Gasteiger partial charge on any atom is -0.492 e. The number of nitrogens with one attached hydrogen (secondary N) is 1. The number of alkyl halides is 2. The monoisotopic (exact) mass is 282 g/mol. The fourth-order valence-corrected chi connectivity index (χ4v) is 1.81. The van der Waals surface area contributed by atoms with Crippen LogP contribution in [0.15, 0.2) is 23.1 Å². The Morgan fingerprint density at radius 1 is 1.35 bits per heavy atom. The van der Waals surface area contributed by atoms with Gasteiger partial charge in [-0.25, -0.2) is 13.8 Å². The lowest BCUT2D eigenvalue weighted by Crippen LogP contribution is -2.08. The van der Waals surface area contributed by atoms with Gasteiger partial charge in [-0.05, 0) is 18.4 Å². The quantitative estimate of drug-likeness (QED) is 0.915. The van der Waals surface area contributed by atoms with Crippen LogP contribution in [-0.2, 0) is 0 Å². The van der Waals surface area contributed by atoms with E-state index in [-0.39, 0.29) is 16.6 Å². The summed E-state index contributed by atoms with van der Waals surface area (Å²) in [5, 5.41) is 0.210. The highest BCUT2D eigenvalue weighted by Gasteiger charge is 2.14. The molecule has 2 heterocycles. The van der Waals surface area contributed by atoms with Crippen molar-refractivity contribution >= 4 is 11.0 Å². The first-order chi connectivity index (χ1) is 9.47. The van der Waals surface area contributed by atoms with Crippen LogP contribution in [0.25, 0.3) is 11.0 Å². The average molecular weight is 282 g/mol. The van der Waals surface area contributed by atoms with Crippen LogP contribution < -0.4 is 10.3 Å². The first kappa shape index (κ1) is 14.4. The van der Waals surface area contributed by atoms with Crippen molar-refractivity contribution in [2.24, 2.45) is 5.92 Å². The van der Waals surface area contributed by atoms with Crippen molar-refractivity contribution in [3.05, 3.63) is 34.2 Å². The first-order valence-electron chi connectivity index (χ1n) is 6.41. The van der Waals surface area contributed by atoms with Crippen molar-refractivity contribution in [2.45, 2.75) is 26.7 Å². The second-order valence-corrected chi connectivity index (χ2v) is 4.99. The molecule has 20 heavy (non-hydrogen) atoms. The van der Waals surface area contributed by atoms with E-state index >= 15 is 0 Å². The molecule has 2 aromatic rings. The summed E-state index contributed by atoms with van der Waals surface area (Å²) in [4.78, 5) is 17.7. The summed E-state index contributed by atoms with van der Waals surface area (Å²) in [7, 11) is 0. The number of rotatable bonds is 5. The van der Waals surface area contributed by atoms with E-state index in [4.69, 9.17) is 4.74 Å². The second kappa shape index (κ2) is 5.98. The third kappa shape index (κ3) is 3.31. The fraction of sp³-hybridized carbons (Fsp3) is 0.429. The number of nitrogens with zero attached hydrogens (tertiary/aromatic N) is 1. The van der Waals surface area contributed by atoms with Gasteiger partial charge in [0.05, 0.1) is 12.8 Å². The van der Waals surface area contributed by atoms with Crippen LogP contribution in [0.2, 0.25) is 0 Å². The maximum atomic E-state index is 12.9. The lowest BCUT2D eigenvalue weighted by atomic mass is 10.1. The molecule has 0 aliphatic rings. The Bertz CT molecular complexity index is 653. The summed E-state index contributed by atoms with van der Waals surface area (Å²) in [6.07, 6.45) is -0.438. The largest absolute Gasteiger partial charge is 0.492 e. The van der Waals surface area contributed by atoms with Crippen LogP contribution >= 0.6 is 0 Å². The van der Waals surface area contributed by atoms with Crippen LogP contribution in [0.5, 0.6) is 5.75 Å². The van der Waals surface area contributed by atoms with Crippen molar-refractivity contribution in [1.29, 1.82) is 0 Å². The molecule has 4 nitrogen and oxygen atoms in total. The van der Waals surface area contributed by atoms with Gasteiger partial charge in [-0.15, -0.1) is 0 Å². The average Bonchev–Trinajstić information content (AvgIpc) is 2.37. The van der Waals surface area contributed by atoms with Gasteiger partial charge in [0.2, 0.25) is 5.56 Å². The predicted molar refractivity (Wildman–Crippen MR) is 72.3 cm³/mol. The van der Waals surface area contributed by atoms with E-state index in [0.717, 1.165) is 12.5 Å². The topological polar surface area (TPSA) is 55.0 Å². The summed E-state index contributed by atoms with van der Waals surface area (Å²) >= 11 is 0. The van der Waals surface area contributed by atoms with Gasteiger partial charge >= 0.3 is 0 Å². The van der Waals surface area contributed by atoms with E-state index in [1.807, 2.05) is 0 Å². The Labute approximate surface area is 114 Å². The van der Waals surface area contributed by atoms with Gasteiger partial charge in [-0.3, -0.25) is 4.79 Å². The zero-order valence-electron chi connectivity index (χ0n) is 11.3. The Balaban J connectivity index is 2.34. The maximum absolute atomic E-state index is 12.9.